The van der Waals surface area contributed by atoms with Crippen molar-refractivity contribution in [3.63, 3.8) is 0 Å². The van der Waals surface area contributed by atoms with Crippen LogP contribution in [0.3, 0.4) is 0 Å². The number of carboxylic acid groups (broad SMARTS) is 1. The van der Waals surface area contributed by atoms with E-state index in [4.69, 9.17) is 20.8 Å². The van der Waals surface area contributed by atoms with Gasteiger partial charge in [-0.3, -0.25) is 14.3 Å². The minimum Gasteiger partial charge on any atom is -0.748 e. The number of unbranched alkanes of at least 4 members (excludes halogenated alkanes) is 1. The molecule has 19 nitrogen and oxygen atoms in total. The molecule has 1 fully saturated rings. The van der Waals surface area contributed by atoms with Crippen molar-refractivity contribution in [3.8, 4) is 0 Å². The molecule has 22 heteroatoms. The number of nitrogens with zero attached hydrogens (tertiary/aromatic N) is 4. The number of hydrogen-bond donors (Lipinski definition) is 7. The SMILES string of the molecule is C[S+](CC[C@H](NC(=O)CN)C(=O)O)C[C@H]1O[C@@H](N2C=NC3C(N)=NC=NC32)C(O)[C@H]1O.O=S(=O)([O-])CCCCS(=O)(=O)O. The zero-order valence-corrected chi connectivity index (χ0v) is 25.5. The normalized spacial score (nSPS) is 28.0. The summed E-state index contributed by atoms with van der Waals surface area (Å²) in [6.45, 7) is -0.286. The Kier molecular flexibility index (Phi) is 13.7. The van der Waals surface area contributed by atoms with Crippen molar-refractivity contribution in [2.24, 2.45) is 26.4 Å². The Bertz CT molecular complexity index is 1250. The number of carboxylic acids is 1. The molecule has 9 N–H and O–H groups in total. The summed E-state index contributed by atoms with van der Waals surface area (Å²) in [4.78, 5) is 36.8. The monoisotopic (exact) mass is 675 g/mol. The summed E-state index contributed by atoms with van der Waals surface area (Å²) in [6, 6.07) is -1.50. The minimum atomic E-state index is -4.27. The fraction of sp³-hybridized carbons (Fsp3) is 0.762. The number of aliphatic imine (C=N–C) groups is 3. The van der Waals surface area contributed by atoms with Gasteiger partial charge in [0, 0.05) is 12.2 Å². The van der Waals surface area contributed by atoms with E-state index in [0.29, 0.717) is 17.3 Å². The molecular weight excluding hydrogens is 638 g/mol. The number of amidine groups is 1. The summed E-state index contributed by atoms with van der Waals surface area (Å²) in [7, 11) is -8.65. The molecule has 0 aliphatic carbocycles. The summed E-state index contributed by atoms with van der Waals surface area (Å²) in [5.41, 5.74) is 11.1. The Balaban J connectivity index is 0.000000455. The van der Waals surface area contributed by atoms with Gasteiger partial charge in [0.25, 0.3) is 10.1 Å². The van der Waals surface area contributed by atoms with E-state index < -0.39 is 86.4 Å². The first-order valence-electron chi connectivity index (χ1n) is 12.8. The number of aliphatic carboxylic acids is 1. The van der Waals surface area contributed by atoms with Crippen molar-refractivity contribution >= 4 is 61.5 Å². The number of ether oxygens (including phenoxy) is 1. The third kappa shape index (κ3) is 11.9. The first-order chi connectivity index (χ1) is 19.9. The van der Waals surface area contributed by atoms with Gasteiger partial charge >= 0.3 is 5.97 Å². The van der Waals surface area contributed by atoms with Gasteiger partial charge in [-0.15, -0.1) is 0 Å². The second-order valence-corrected chi connectivity index (χ2v) is 15.2. The van der Waals surface area contributed by atoms with Crippen LogP contribution in [0, 0.1) is 0 Å². The van der Waals surface area contributed by atoms with Crippen LogP contribution in [0.4, 0.5) is 0 Å². The van der Waals surface area contributed by atoms with Gasteiger partial charge in [-0.05, 0) is 23.7 Å². The molecule has 0 saturated carbocycles. The number of aliphatic hydroxyl groups is 2. The average Bonchev–Trinajstić information content (AvgIpc) is 3.45. The van der Waals surface area contributed by atoms with Gasteiger partial charge < -0.3 is 46.3 Å². The summed E-state index contributed by atoms with van der Waals surface area (Å²) < 4.78 is 64.3. The van der Waals surface area contributed by atoms with E-state index in [0.717, 1.165) is 0 Å². The Morgan fingerprint density at radius 1 is 1.19 bits per heavy atom. The number of aliphatic hydroxyl groups excluding tert-OH is 2. The number of carbonyl (C=O) groups is 2. The lowest BCUT2D eigenvalue weighted by Crippen LogP contribution is -2.51. The highest BCUT2D eigenvalue weighted by atomic mass is 32.2. The maximum absolute atomic E-state index is 11.4. The lowest BCUT2D eigenvalue weighted by Gasteiger charge is -2.31. The van der Waals surface area contributed by atoms with Crippen LogP contribution in [-0.2, 0) is 45.5 Å². The zero-order chi connectivity index (χ0) is 32.5. The summed E-state index contributed by atoms with van der Waals surface area (Å²) in [5.74, 6) is -1.56. The van der Waals surface area contributed by atoms with Gasteiger partial charge in [0.1, 0.15) is 54.1 Å². The van der Waals surface area contributed by atoms with Crippen LogP contribution in [0.2, 0.25) is 0 Å². The molecule has 0 radical (unpaired) electrons. The van der Waals surface area contributed by atoms with Crippen molar-refractivity contribution in [1.82, 2.24) is 10.2 Å². The highest BCUT2D eigenvalue weighted by Gasteiger charge is 2.51. The van der Waals surface area contributed by atoms with Gasteiger partial charge in [-0.2, -0.15) is 8.42 Å². The molecule has 0 aromatic rings. The van der Waals surface area contributed by atoms with Crippen LogP contribution in [0.25, 0.3) is 0 Å². The van der Waals surface area contributed by atoms with Crippen LogP contribution in [0.1, 0.15) is 19.3 Å². The molecule has 3 aliphatic heterocycles. The molecule has 0 bridgehead atoms. The molecule has 8 atom stereocenters. The summed E-state index contributed by atoms with van der Waals surface area (Å²) >= 11 is 0. The number of nitrogens with one attached hydrogen (secondary N) is 1. The van der Waals surface area contributed by atoms with Crippen LogP contribution >= 0.6 is 0 Å². The second-order valence-electron chi connectivity index (χ2n) is 9.79. The Morgan fingerprint density at radius 2 is 1.84 bits per heavy atom. The Morgan fingerprint density at radius 3 is 2.42 bits per heavy atom. The molecule has 3 aliphatic rings. The topological polar surface area (TPSA) is 320 Å². The lowest BCUT2D eigenvalue weighted by molar-refractivity contribution is -0.141. The van der Waals surface area contributed by atoms with Crippen molar-refractivity contribution < 1.29 is 55.6 Å². The minimum absolute atomic E-state index is 0.0275. The number of rotatable bonds is 14. The van der Waals surface area contributed by atoms with Crippen molar-refractivity contribution in [3.05, 3.63) is 0 Å². The fourth-order valence-corrected chi connectivity index (χ4v) is 6.94. The number of carbonyl (C=O) groups excluding carboxylic acids is 1. The van der Waals surface area contributed by atoms with Crippen LogP contribution in [0.5, 0.6) is 0 Å². The molecule has 4 unspecified atom stereocenters. The summed E-state index contributed by atoms with van der Waals surface area (Å²) in [6.07, 6.45) is 0.566. The van der Waals surface area contributed by atoms with Crippen LogP contribution in [-0.4, -0.2) is 155 Å². The highest BCUT2D eigenvalue weighted by Crippen LogP contribution is 2.30. The van der Waals surface area contributed by atoms with E-state index in [1.807, 2.05) is 6.26 Å². The van der Waals surface area contributed by atoms with E-state index in [1.165, 1.54) is 12.7 Å². The molecule has 246 valence electrons. The van der Waals surface area contributed by atoms with E-state index >= 15 is 0 Å². The van der Waals surface area contributed by atoms with Crippen LogP contribution in [0.15, 0.2) is 15.0 Å². The van der Waals surface area contributed by atoms with E-state index in [1.54, 1.807) is 4.90 Å². The first kappa shape index (κ1) is 36.8. The smallest absolute Gasteiger partial charge is 0.326 e. The number of nitrogens with two attached hydrogens (primary N) is 2. The molecule has 3 rings (SSSR count). The van der Waals surface area contributed by atoms with Gasteiger partial charge in [0.05, 0.1) is 35.0 Å². The van der Waals surface area contributed by atoms with Gasteiger partial charge in [-0.1, -0.05) is 0 Å². The quantitative estimate of drug-likeness (QED) is 0.0516. The third-order valence-electron chi connectivity index (χ3n) is 6.38. The van der Waals surface area contributed by atoms with E-state index in [-0.39, 0.29) is 36.7 Å². The number of hydrogen-bond acceptors (Lipinski definition) is 16. The Hall–Kier alpha value is -2.44. The summed E-state index contributed by atoms with van der Waals surface area (Å²) in [5, 5.41) is 32.7. The maximum atomic E-state index is 11.4. The van der Waals surface area contributed by atoms with E-state index in [9.17, 15) is 46.3 Å². The first-order valence-corrected chi connectivity index (χ1v) is 18.0. The average molecular weight is 676 g/mol. The van der Waals surface area contributed by atoms with Gasteiger partial charge in [-0.25, -0.2) is 23.2 Å². The second kappa shape index (κ2) is 16.0. The fourth-order valence-electron chi connectivity index (χ4n) is 4.18. The molecule has 1 saturated heterocycles. The predicted molar refractivity (Wildman–Crippen MR) is 155 cm³/mol. The lowest BCUT2D eigenvalue weighted by atomic mass is 10.1. The largest absolute Gasteiger partial charge is 0.748 e. The van der Waals surface area contributed by atoms with Crippen LogP contribution < -0.4 is 16.8 Å². The zero-order valence-electron chi connectivity index (χ0n) is 23.1. The molecule has 0 spiro atoms. The van der Waals surface area contributed by atoms with Crippen molar-refractivity contribution in [2.45, 2.75) is 62.1 Å². The third-order valence-corrected chi connectivity index (χ3v) is 9.80. The molecule has 0 aromatic heterocycles. The van der Waals surface area contributed by atoms with E-state index in [2.05, 4.69) is 20.3 Å². The standard InChI is InChI=1S/C17H27N7O6S.C4H10O6S2/c1-31(3-2-8(17(28)29)23-10(25)4-18)5-9-12(26)13(27)16(30-9)24-7-22-11-14(19)20-6-21-15(11)24;5-11(6,7)3-1-2-4-12(8,9)10/h6-9,11-13,15-16,26-27H,2-5,18H2,1H3,(H3-,19,20,21,23,25,28,29);1-4H2,(H,5,6,7)(H,8,9,10)/t8-,9+,11?,12-,13?,15?,16+,31?;/m0./s1. The van der Waals surface area contributed by atoms with Gasteiger partial charge in [0.15, 0.2) is 12.4 Å². The van der Waals surface area contributed by atoms with Crippen molar-refractivity contribution in [1.29, 1.82) is 0 Å². The molecular formula is C21H37N7O12S3. The van der Waals surface area contributed by atoms with Crippen molar-refractivity contribution in [2.75, 3.05) is 35.8 Å². The number of fused-ring (bicyclic) bond motifs is 1. The molecule has 3 heterocycles. The molecule has 0 aromatic carbocycles. The maximum Gasteiger partial charge on any atom is 0.326 e. The number of amides is 1. The Labute approximate surface area is 251 Å². The van der Waals surface area contributed by atoms with Gasteiger partial charge in [0.2, 0.25) is 5.91 Å². The predicted octanol–water partition coefficient (Wildman–Crippen LogP) is -4.76. The molecule has 1 amide bonds. The highest BCUT2D eigenvalue weighted by molar-refractivity contribution is 7.96. The molecule has 43 heavy (non-hydrogen) atoms.